The molecule has 0 saturated carbocycles. The molecule has 0 aromatic heterocycles. The van der Waals surface area contributed by atoms with Gasteiger partial charge in [-0.3, -0.25) is 9.63 Å². The topological polar surface area (TPSA) is 29.5 Å². The first-order chi connectivity index (χ1) is 8.66. The van der Waals surface area contributed by atoms with Crippen LogP contribution in [0.1, 0.15) is 24.8 Å². The van der Waals surface area contributed by atoms with Crippen molar-refractivity contribution in [2.45, 2.75) is 25.7 Å². The van der Waals surface area contributed by atoms with E-state index in [1.54, 1.807) is 0 Å². The summed E-state index contributed by atoms with van der Waals surface area (Å²) in [5, 5.41) is 1.36. The van der Waals surface area contributed by atoms with E-state index in [0.717, 1.165) is 25.0 Å². The summed E-state index contributed by atoms with van der Waals surface area (Å²) in [5.74, 6) is -1.86. The van der Waals surface area contributed by atoms with Crippen LogP contribution in [0, 0.1) is 11.6 Å². The molecule has 1 saturated heterocycles. The molecule has 1 aromatic rings. The number of hydrogen-bond donors (Lipinski definition) is 0. The lowest BCUT2D eigenvalue weighted by Crippen LogP contribution is -2.35. The number of nitrogens with zero attached hydrogens (tertiary/aromatic N) is 1. The minimum absolute atomic E-state index is 0.112. The number of benzene rings is 1. The van der Waals surface area contributed by atoms with Crippen molar-refractivity contribution in [1.82, 2.24) is 5.06 Å². The molecule has 0 N–H and O–H groups in total. The first kappa shape index (κ1) is 13.0. The van der Waals surface area contributed by atoms with Gasteiger partial charge in [0.2, 0.25) is 5.91 Å². The summed E-state index contributed by atoms with van der Waals surface area (Å²) in [4.78, 5) is 17.0. The maximum atomic E-state index is 13.0. The van der Waals surface area contributed by atoms with E-state index < -0.39 is 11.6 Å². The molecule has 98 valence electrons. The molecule has 0 radical (unpaired) electrons. The molecule has 3 nitrogen and oxygen atoms in total. The van der Waals surface area contributed by atoms with Crippen LogP contribution in [0.2, 0.25) is 0 Å². The number of hydroxylamine groups is 2. The van der Waals surface area contributed by atoms with E-state index in [1.165, 1.54) is 11.1 Å². The van der Waals surface area contributed by atoms with Crippen molar-refractivity contribution in [2.75, 3.05) is 13.2 Å². The maximum Gasteiger partial charge on any atom is 0.246 e. The van der Waals surface area contributed by atoms with E-state index in [-0.39, 0.29) is 12.3 Å². The third-order valence-corrected chi connectivity index (χ3v) is 2.89. The Morgan fingerprint density at radius 1 is 1.28 bits per heavy atom. The van der Waals surface area contributed by atoms with Gasteiger partial charge in [-0.1, -0.05) is 6.07 Å². The van der Waals surface area contributed by atoms with Crippen molar-refractivity contribution in [2.24, 2.45) is 0 Å². The molecule has 18 heavy (non-hydrogen) atoms. The zero-order chi connectivity index (χ0) is 13.0. The fourth-order valence-corrected chi connectivity index (χ4v) is 1.86. The minimum Gasteiger partial charge on any atom is -0.273 e. The molecule has 2 rings (SSSR count). The van der Waals surface area contributed by atoms with Gasteiger partial charge < -0.3 is 0 Å². The second-order valence-corrected chi connectivity index (χ2v) is 4.28. The highest BCUT2D eigenvalue weighted by atomic mass is 19.2. The van der Waals surface area contributed by atoms with Gasteiger partial charge in [-0.15, -0.1) is 0 Å². The summed E-state index contributed by atoms with van der Waals surface area (Å²) in [5.41, 5.74) is 0.610. The van der Waals surface area contributed by atoms with Gasteiger partial charge in [0.1, 0.15) is 0 Å². The highest BCUT2D eigenvalue weighted by Crippen LogP contribution is 2.13. The van der Waals surface area contributed by atoms with Gasteiger partial charge >= 0.3 is 0 Å². The van der Waals surface area contributed by atoms with Crippen molar-refractivity contribution in [1.29, 1.82) is 0 Å². The lowest BCUT2D eigenvalue weighted by Gasteiger charge is -2.25. The number of carbonyl (C=O) groups excluding carboxylic acids is 1. The molecule has 1 amide bonds. The Hall–Kier alpha value is -1.49. The Labute approximate surface area is 104 Å². The monoisotopic (exact) mass is 255 g/mol. The number of aryl methyl sites for hydroxylation is 1. The number of amides is 1. The minimum atomic E-state index is -0.880. The van der Waals surface area contributed by atoms with Gasteiger partial charge in [0.05, 0.1) is 6.61 Å². The van der Waals surface area contributed by atoms with Gasteiger partial charge in [0, 0.05) is 13.0 Å². The molecule has 1 fully saturated rings. The molecule has 0 spiro atoms. The van der Waals surface area contributed by atoms with E-state index in [2.05, 4.69) is 0 Å². The molecule has 1 aliphatic heterocycles. The number of hydrogen-bond acceptors (Lipinski definition) is 2. The maximum absolute atomic E-state index is 13.0. The van der Waals surface area contributed by atoms with Gasteiger partial charge in [0.15, 0.2) is 11.6 Å². The molecule has 0 aliphatic carbocycles. The third kappa shape index (κ3) is 3.26. The van der Waals surface area contributed by atoms with Crippen LogP contribution in [0.15, 0.2) is 18.2 Å². The normalized spacial score (nSPS) is 15.8. The summed E-state index contributed by atoms with van der Waals surface area (Å²) in [6.07, 6.45) is 2.53. The van der Waals surface area contributed by atoms with Crippen LogP contribution in [0.4, 0.5) is 8.78 Å². The van der Waals surface area contributed by atoms with E-state index in [0.29, 0.717) is 25.1 Å². The number of carbonyl (C=O) groups is 1. The molecular formula is C13H15F2NO2. The highest BCUT2D eigenvalue weighted by molar-refractivity contribution is 5.75. The summed E-state index contributed by atoms with van der Waals surface area (Å²) in [7, 11) is 0. The molecule has 0 bridgehead atoms. The SMILES string of the molecule is O=C(CCc1ccc(F)c(F)c1)N1CCCCO1. The van der Waals surface area contributed by atoms with E-state index >= 15 is 0 Å². The molecule has 1 aliphatic rings. The Morgan fingerprint density at radius 2 is 2.11 bits per heavy atom. The predicted octanol–water partition coefficient (Wildman–Crippen LogP) is 2.45. The van der Waals surface area contributed by atoms with Crippen LogP contribution in [0.3, 0.4) is 0 Å². The van der Waals surface area contributed by atoms with Gasteiger partial charge in [-0.2, -0.15) is 0 Å². The number of rotatable bonds is 3. The van der Waals surface area contributed by atoms with Crippen LogP contribution < -0.4 is 0 Å². The van der Waals surface area contributed by atoms with Crippen molar-refractivity contribution in [3.8, 4) is 0 Å². The molecule has 0 unspecified atom stereocenters. The average Bonchev–Trinajstić information content (AvgIpc) is 2.41. The molecule has 5 heteroatoms. The molecule has 1 heterocycles. The molecular weight excluding hydrogens is 240 g/mol. The standard InChI is InChI=1S/C13H15F2NO2/c14-11-5-3-10(9-12(11)15)4-6-13(17)16-7-1-2-8-18-16/h3,5,9H,1-2,4,6-8H2. The Morgan fingerprint density at radius 3 is 2.78 bits per heavy atom. The quantitative estimate of drug-likeness (QED) is 0.830. The zero-order valence-electron chi connectivity index (χ0n) is 9.99. The predicted molar refractivity (Wildman–Crippen MR) is 61.6 cm³/mol. The van der Waals surface area contributed by atoms with Crippen LogP contribution in [-0.2, 0) is 16.1 Å². The fourth-order valence-electron chi connectivity index (χ4n) is 1.86. The van der Waals surface area contributed by atoms with Crippen LogP contribution >= 0.6 is 0 Å². The highest BCUT2D eigenvalue weighted by Gasteiger charge is 2.17. The summed E-state index contributed by atoms with van der Waals surface area (Å²) >= 11 is 0. The Balaban J connectivity index is 1.86. The zero-order valence-corrected chi connectivity index (χ0v) is 9.99. The van der Waals surface area contributed by atoms with Crippen LogP contribution in [0.5, 0.6) is 0 Å². The van der Waals surface area contributed by atoms with Crippen molar-refractivity contribution >= 4 is 5.91 Å². The third-order valence-electron chi connectivity index (χ3n) is 2.89. The Bertz CT molecular complexity index is 431. The first-order valence-electron chi connectivity index (χ1n) is 6.04. The summed E-state index contributed by atoms with van der Waals surface area (Å²) in [6, 6.07) is 3.69. The average molecular weight is 255 g/mol. The molecule has 1 aromatic carbocycles. The Kier molecular flexibility index (Phi) is 4.25. The van der Waals surface area contributed by atoms with Crippen molar-refractivity contribution < 1.29 is 18.4 Å². The van der Waals surface area contributed by atoms with Gasteiger partial charge in [0.25, 0.3) is 0 Å². The molecule has 0 atom stereocenters. The van der Waals surface area contributed by atoms with Crippen molar-refractivity contribution in [3.05, 3.63) is 35.4 Å². The van der Waals surface area contributed by atoms with Gasteiger partial charge in [-0.25, -0.2) is 13.8 Å². The second kappa shape index (κ2) is 5.91. The van der Waals surface area contributed by atoms with Crippen LogP contribution in [0.25, 0.3) is 0 Å². The van der Waals surface area contributed by atoms with Crippen molar-refractivity contribution in [3.63, 3.8) is 0 Å². The smallest absolute Gasteiger partial charge is 0.246 e. The van der Waals surface area contributed by atoms with E-state index in [9.17, 15) is 13.6 Å². The second-order valence-electron chi connectivity index (χ2n) is 4.28. The van der Waals surface area contributed by atoms with E-state index in [4.69, 9.17) is 4.84 Å². The fraction of sp³-hybridized carbons (Fsp3) is 0.462. The summed E-state index contributed by atoms with van der Waals surface area (Å²) < 4.78 is 25.7. The largest absolute Gasteiger partial charge is 0.273 e. The lowest BCUT2D eigenvalue weighted by molar-refractivity contribution is -0.197. The van der Waals surface area contributed by atoms with E-state index in [1.807, 2.05) is 0 Å². The summed E-state index contributed by atoms with van der Waals surface area (Å²) in [6.45, 7) is 1.17. The van der Waals surface area contributed by atoms with Gasteiger partial charge in [-0.05, 0) is 37.0 Å². The number of halogens is 2. The lowest BCUT2D eigenvalue weighted by atomic mass is 10.1. The van der Waals surface area contributed by atoms with Crippen LogP contribution in [-0.4, -0.2) is 24.1 Å². The first-order valence-corrected chi connectivity index (χ1v) is 6.04.